The van der Waals surface area contributed by atoms with Crippen molar-refractivity contribution in [2.75, 3.05) is 0 Å². The first-order valence-corrected chi connectivity index (χ1v) is 9.28. The van der Waals surface area contributed by atoms with E-state index >= 15 is 0 Å². The maximum Gasteiger partial charge on any atom is 0.164 e. The molecule has 0 N–H and O–H groups in total. The number of hydrogen-bond acceptors (Lipinski definition) is 6. The van der Waals surface area contributed by atoms with E-state index in [9.17, 15) is 13.7 Å². The van der Waals surface area contributed by atoms with Crippen LogP contribution in [0.15, 0.2) is 65.3 Å². The number of halogens is 2. The minimum absolute atomic E-state index is 0.0176. The summed E-state index contributed by atoms with van der Waals surface area (Å²) in [6, 6.07) is 10.7. The molecule has 6 nitrogen and oxygen atoms in total. The van der Waals surface area contributed by atoms with Crippen molar-refractivity contribution in [2.24, 2.45) is 5.18 Å². The average molecular weight is 397 g/mol. The molecule has 2 heterocycles. The number of hydrogen-bond donors (Lipinski definition) is 0. The fourth-order valence-electron chi connectivity index (χ4n) is 2.74. The third-order valence-electron chi connectivity index (χ3n) is 4.18. The second-order valence-corrected chi connectivity index (χ2v) is 6.93. The lowest BCUT2D eigenvalue weighted by atomic mass is 10.2. The zero-order chi connectivity index (χ0) is 19.5. The Morgan fingerprint density at radius 3 is 2.46 bits per heavy atom. The molecule has 0 atom stereocenters. The van der Waals surface area contributed by atoms with E-state index in [2.05, 4.69) is 20.1 Å². The molecule has 0 saturated heterocycles. The Hall–Kier alpha value is -3.20. The summed E-state index contributed by atoms with van der Waals surface area (Å²) < 4.78 is 29.5. The zero-order valence-electron chi connectivity index (χ0n) is 14.4. The molecule has 0 aliphatic carbocycles. The predicted octanol–water partition coefficient (Wildman–Crippen LogP) is 4.84. The summed E-state index contributed by atoms with van der Waals surface area (Å²) in [6.45, 7) is -0.0176. The highest BCUT2D eigenvalue weighted by molar-refractivity contribution is 7.98. The molecule has 0 amide bonds. The molecule has 0 saturated carbocycles. The van der Waals surface area contributed by atoms with Gasteiger partial charge in [0.05, 0.1) is 12.9 Å². The lowest BCUT2D eigenvalue weighted by molar-refractivity contribution is 0.546. The number of aromatic nitrogens is 4. The normalized spacial score (nSPS) is 11.1. The van der Waals surface area contributed by atoms with Crippen molar-refractivity contribution in [1.82, 2.24) is 19.5 Å². The highest BCUT2D eigenvalue weighted by Crippen LogP contribution is 2.27. The SMILES string of the molecule is O=Nc1ccc(CSc2ncnc3c2ncn3Cc2c(F)cccc2F)cc1. The van der Waals surface area contributed by atoms with Crippen molar-refractivity contribution >= 4 is 28.6 Å². The van der Waals surface area contributed by atoms with Crippen LogP contribution in [0.2, 0.25) is 0 Å². The van der Waals surface area contributed by atoms with Crippen molar-refractivity contribution in [1.29, 1.82) is 0 Å². The van der Waals surface area contributed by atoms with Crippen LogP contribution in [0, 0.1) is 16.5 Å². The summed E-state index contributed by atoms with van der Waals surface area (Å²) >= 11 is 1.46. The molecule has 0 unspecified atom stereocenters. The molecule has 0 radical (unpaired) electrons. The summed E-state index contributed by atoms with van der Waals surface area (Å²) in [5.74, 6) is -0.613. The molecule has 0 aliphatic heterocycles. The minimum atomic E-state index is -0.612. The highest BCUT2D eigenvalue weighted by Gasteiger charge is 2.14. The molecule has 140 valence electrons. The second kappa shape index (κ2) is 7.81. The minimum Gasteiger partial charge on any atom is -0.310 e. The van der Waals surface area contributed by atoms with Crippen molar-refractivity contribution < 1.29 is 8.78 Å². The molecule has 4 aromatic rings. The third-order valence-corrected chi connectivity index (χ3v) is 5.22. The number of rotatable bonds is 6. The number of benzene rings is 2. The topological polar surface area (TPSA) is 73.0 Å². The van der Waals surface area contributed by atoms with Gasteiger partial charge in [0.2, 0.25) is 0 Å². The van der Waals surface area contributed by atoms with Gasteiger partial charge in [-0.3, -0.25) is 0 Å². The Morgan fingerprint density at radius 2 is 1.75 bits per heavy atom. The largest absolute Gasteiger partial charge is 0.310 e. The first-order chi connectivity index (χ1) is 13.7. The van der Waals surface area contributed by atoms with Crippen LogP contribution in [0.25, 0.3) is 11.2 Å². The van der Waals surface area contributed by atoms with Crippen LogP contribution in [-0.4, -0.2) is 19.5 Å². The van der Waals surface area contributed by atoms with Crippen LogP contribution in [0.5, 0.6) is 0 Å². The van der Waals surface area contributed by atoms with Crippen molar-refractivity contribution in [3.63, 3.8) is 0 Å². The molecular formula is C19H13F2N5OS. The molecule has 2 aromatic carbocycles. The van der Waals surface area contributed by atoms with Crippen molar-refractivity contribution in [3.8, 4) is 0 Å². The molecule has 0 aliphatic rings. The summed E-state index contributed by atoms with van der Waals surface area (Å²) in [4.78, 5) is 23.3. The first-order valence-electron chi connectivity index (χ1n) is 8.29. The smallest absolute Gasteiger partial charge is 0.164 e. The van der Waals surface area contributed by atoms with Crippen LogP contribution in [-0.2, 0) is 12.3 Å². The number of imidazole rings is 1. The van der Waals surface area contributed by atoms with Crippen molar-refractivity contribution in [2.45, 2.75) is 17.3 Å². The van der Waals surface area contributed by atoms with Crippen LogP contribution in [0.3, 0.4) is 0 Å². The first kappa shape index (κ1) is 18.2. The molecule has 28 heavy (non-hydrogen) atoms. The van der Waals surface area contributed by atoms with E-state index in [1.165, 1.54) is 42.6 Å². The van der Waals surface area contributed by atoms with Gasteiger partial charge in [-0.05, 0) is 35.0 Å². The van der Waals surface area contributed by atoms with E-state index in [1.54, 1.807) is 16.7 Å². The quantitative estimate of drug-likeness (QED) is 0.264. The third kappa shape index (κ3) is 3.61. The molecule has 0 spiro atoms. The van der Waals surface area contributed by atoms with Gasteiger partial charge in [0.25, 0.3) is 0 Å². The van der Waals surface area contributed by atoms with Gasteiger partial charge in [0.15, 0.2) is 5.65 Å². The zero-order valence-corrected chi connectivity index (χ0v) is 15.2. The van der Waals surface area contributed by atoms with E-state index in [-0.39, 0.29) is 12.1 Å². The Bertz CT molecular complexity index is 1130. The Morgan fingerprint density at radius 1 is 1.00 bits per heavy atom. The monoisotopic (exact) mass is 397 g/mol. The van der Waals surface area contributed by atoms with Gasteiger partial charge in [-0.25, -0.2) is 23.7 Å². The van der Waals surface area contributed by atoms with Gasteiger partial charge in [0.1, 0.15) is 34.2 Å². The molecule has 0 bridgehead atoms. The fraction of sp³-hybridized carbons (Fsp3) is 0.105. The van der Waals surface area contributed by atoms with Gasteiger partial charge in [-0.2, -0.15) is 0 Å². The molecule has 9 heteroatoms. The van der Waals surface area contributed by atoms with Crippen LogP contribution in [0.4, 0.5) is 14.5 Å². The van der Waals surface area contributed by atoms with Gasteiger partial charge in [-0.15, -0.1) is 4.91 Å². The summed E-state index contributed by atoms with van der Waals surface area (Å²) in [6.07, 6.45) is 2.90. The average Bonchev–Trinajstić information content (AvgIpc) is 3.13. The van der Waals surface area contributed by atoms with Gasteiger partial charge in [0, 0.05) is 11.3 Å². The number of fused-ring (bicyclic) bond motifs is 1. The van der Waals surface area contributed by atoms with E-state index in [1.807, 2.05) is 12.1 Å². The van der Waals surface area contributed by atoms with Crippen LogP contribution >= 0.6 is 11.8 Å². The lowest BCUT2D eigenvalue weighted by Gasteiger charge is -2.07. The molecule has 2 aromatic heterocycles. The Kier molecular flexibility index (Phi) is 5.07. The van der Waals surface area contributed by atoms with Gasteiger partial charge in [-0.1, -0.05) is 30.0 Å². The fourth-order valence-corrected chi connectivity index (χ4v) is 3.64. The Labute approximate surface area is 162 Å². The van der Waals surface area contributed by atoms with E-state index in [0.29, 0.717) is 27.6 Å². The summed E-state index contributed by atoms with van der Waals surface area (Å²) in [7, 11) is 0. The summed E-state index contributed by atoms with van der Waals surface area (Å²) in [5, 5.41) is 3.54. The number of nitrogens with zero attached hydrogens (tertiary/aromatic N) is 5. The van der Waals surface area contributed by atoms with Crippen molar-refractivity contribution in [3.05, 3.63) is 82.8 Å². The van der Waals surface area contributed by atoms with Crippen LogP contribution in [0.1, 0.15) is 11.1 Å². The molecule has 0 fully saturated rings. The standard InChI is InChI=1S/C19H13F2N5OS/c20-15-2-1-3-16(21)14(15)8-26-11-24-17-18(26)22-10-23-19(17)28-9-12-4-6-13(25-27)7-5-12/h1-7,10-11H,8-9H2. The van der Waals surface area contributed by atoms with Crippen LogP contribution < -0.4 is 0 Å². The lowest BCUT2D eigenvalue weighted by Crippen LogP contribution is -2.04. The van der Waals surface area contributed by atoms with E-state index < -0.39 is 11.6 Å². The molecular weight excluding hydrogens is 384 g/mol. The maximum absolute atomic E-state index is 13.9. The second-order valence-electron chi connectivity index (χ2n) is 5.97. The van der Waals surface area contributed by atoms with E-state index in [0.717, 1.165) is 5.56 Å². The van der Waals surface area contributed by atoms with E-state index in [4.69, 9.17) is 0 Å². The van der Waals surface area contributed by atoms with Gasteiger partial charge >= 0.3 is 0 Å². The highest BCUT2D eigenvalue weighted by atomic mass is 32.2. The maximum atomic E-state index is 13.9. The Balaban J connectivity index is 1.58. The predicted molar refractivity (Wildman–Crippen MR) is 102 cm³/mol. The summed E-state index contributed by atoms with van der Waals surface area (Å²) in [5.41, 5.74) is 2.39. The number of nitroso groups, excluding NO2 is 1. The van der Waals surface area contributed by atoms with Gasteiger partial charge < -0.3 is 4.57 Å². The number of thioether (sulfide) groups is 1. The molecule has 4 rings (SSSR count).